The lowest BCUT2D eigenvalue weighted by Gasteiger charge is -2.18. The van der Waals surface area contributed by atoms with Crippen molar-refractivity contribution in [1.82, 2.24) is 15.0 Å². The average Bonchev–Trinajstić information content (AvgIpc) is 2.88. The molecule has 0 saturated heterocycles. The molecule has 1 N–H and O–H groups in total. The van der Waals surface area contributed by atoms with E-state index >= 15 is 0 Å². The summed E-state index contributed by atoms with van der Waals surface area (Å²) in [7, 11) is 0. The van der Waals surface area contributed by atoms with Gasteiger partial charge in [-0.05, 0) is 6.42 Å². The number of thiazole rings is 1. The fraction of sp³-hybridized carbons (Fsp3) is 0.533. The molecule has 4 nitrogen and oxygen atoms in total. The van der Waals surface area contributed by atoms with Gasteiger partial charge in [0, 0.05) is 36.0 Å². The molecule has 2 heterocycles. The second kappa shape index (κ2) is 6.31. The van der Waals surface area contributed by atoms with Gasteiger partial charge in [-0.2, -0.15) is 0 Å². The fourth-order valence-electron chi connectivity index (χ4n) is 1.76. The smallest absolute Gasteiger partial charge is 0.136 e. The molecule has 0 amide bonds. The van der Waals surface area contributed by atoms with Gasteiger partial charge in [0.15, 0.2) is 0 Å². The molecule has 0 radical (unpaired) electrons. The van der Waals surface area contributed by atoms with Gasteiger partial charge in [0.05, 0.1) is 10.7 Å². The van der Waals surface area contributed by atoms with Gasteiger partial charge < -0.3 is 5.32 Å². The summed E-state index contributed by atoms with van der Waals surface area (Å²) in [5.41, 5.74) is 0.972. The van der Waals surface area contributed by atoms with Gasteiger partial charge in [-0.15, -0.1) is 11.3 Å². The Morgan fingerprint density at radius 2 is 2.05 bits per heavy atom. The topological polar surface area (TPSA) is 50.7 Å². The Bertz CT molecular complexity index is 543. The van der Waals surface area contributed by atoms with Gasteiger partial charge >= 0.3 is 0 Å². The predicted octanol–water partition coefficient (Wildman–Crippen LogP) is 3.64. The Hall–Kier alpha value is -1.49. The van der Waals surface area contributed by atoms with Crippen molar-refractivity contribution in [1.29, 1.82) is 0 Å². The molecule has 2 aromatic rings. The first kappa shape index (κ1) is 14.9. The number of anilines is 1. The summed E-state index contributed by atoms with van der Waals surface area (Å²) < 4.78 is 0. The highest BCUT2D eigenvalue weighted by molar-refractivity contribution is 7.09. The third-order valence-corrected chi connectivity index (χ3v) is 3.60. The van der Waals surface area contributed by atoms with E-state index in [1.165, 1.54) is 0 Å². The van der Waals surface area contributed by atoms with Gasteiger partial charge in [-0.1, -0.05) is 27.7 Å². The van der Waals surface area contributed by atoms with Crippen molar-refractivity contribution in [3.05, 3.63) is 34.2 Å². The van der Waals surface area contributed by atoms with Crippen molar-refractivity contribution in [2.75, 3.05) is 11.9 Å². The van der Waals surface area contributed by atoms with Crippen LogP contribution in [0.3, 0.4) is 0 Å². The van der Waals surface area contributed by atoms with E-state index in [-0.39, 0.29) is 5.41 Å². The predicted molar refractivity (Wildman–Crippen MR) is 84.4 cm³/mol. The van der Waals surface area contributed by atoms with Crippen LogP contribution in [0.15, 0.2) is 17.6 Å². The highest BCUT2D eigenvalue weighted by Gasteiger charge is 2.19. The van der Waals surface area contributed by atoms with Crippen LogP contribution in [0.5, 0.6) is 0 Å². The van der Waals surface area contributed by atoms with E-state index < -0.39 is 0 Å². The SMILES string of the molecule is CCCNc1cc(Cc2nccs2)nc(C(C)(C)C)n1. The zero-order chi connectivity index (χ0) is 14.6. The molecule has 0 atom stereocenters. The number of nitrogens with zero attached hydrogens (tertiary/aromatic N) is 3. The van der Waals surface area contributed by atoms with E-state index in [9.17, 15) is 0 Å². The third-order valence-electron chi connectivity index (χ3n) is 2.82. The lowest BCUT2D eigenvalue weighted by molar-refractivity contribution is 0.542. The van der Waals surface area contributed by atoms with Crippen LogP contribution in [0.2, 0.25) is 0 Å². The molecule has 2 rings (SSSR count). The van der Waals surface area contributed by atoms with Gasteiger partial charge in [0.2, 0.25) is 0 Å². The first-order valence-corrected chi connectivity index (χ1v) is 7.87. The standard InChI is InChI=1S/C15H22N4S/c1-5-6-16-12-9-11(10-13-17-7-8-20-13)18-14(19-12)15(2,3)4/h7-9H,5-6,10H2,1-4H3,(H,16,18,19). The quantitative estimate of drug-likeness (QED) is 0.913. The lowest BCUT2D eigenvalue weighted by Crippen LogP contribution is -2.18. The van der Waals surface area contributed by atoms with Crippen molar-refractivity contribution in [3.8, 4) is 0 Å². The maximum Gasteiger partial charge on any atom is 0.136 e. The summed E-state index contributed by atoms with van der Waals surface area (Å²) in [5, 5.41) is 6.44. The summed E-state index contributed by atoms with van der Waals surface area (Å²) >= 11 is 1.66. The van der Waals surface area contributed by atoms with Crippen LogP contribution in [0.25, 0.3) is 0 Å². The second-order valence-corrected chi connectivity index (χ2v) is 6.83. The van der Waals surface area contributed by atoms with Crippen LogP contribution in [0.1, 0.15) is 50.6 Å². The van der Waals surface area contributed by atoms with Crippen LogP contribution in [-0.4, -0.2) is 21.5 Å². The number of hydrogen-bond acceptors (Lipinski definition) is 5. The van der Waals surface area contributed by atoms with Crippen LogP contribution in [0, 0.1) is 0 Å². The van der Waals surface area contributed by atoms with Crippen LogP contribution in [0.4, 0.5) is 5.82 Å². The first-order chi connectivity index (χ1) is 9.49. The van der Waals surface area contributed by atoms with E-state index in [1.54, 1.807) is 11.3 Å². The van der Waals surface area contributed by atoms with Gasteiger partial charge in [0.1, 0.15) is 11.6 Å². The number of rotatable bonds is 5. The molecular formula is C15H22N4S. The molecule has 0 aromatic carbocycles. The summed E-state index contributed by atoms with van der Waals surface area (Å²) in [6, 6.07) is 2.03. The summed E-state index contributed by atoms with van der Waals surface area (Å²) in [5.74, 6) is 1.79. The zero-order valence-electron chi connectivity index (χ0n) is 12.6. The lowest BCUT2D eigenvalue weighted by atomic mass is 9.95. The van der Waals surface area contributed by atoms with Gasteiger partial charge in [-0.25, -0.2) is 15.0 Å². The van der Waals surface area contributed by atoms with Gasteiger partial charge in [0.25, 0.3) is 0 Å². The van der Waals surface area contributed by atoms with E-state index in [0.717, 1.165) is 41.7 Å². The Morgan fingerprint density at radius 3 is 2.65 bits per heavy atom. The Balaban J connectivity index is 2.29. The van der Waals surface area contributed by atoms with Crippen LogP contribution in [-0.2, 0) is 11.8 Å². The number of nitrogens with one attached hydrogen (secondary N) is 1. The van der Waals surface area contributed by atoms with Crippen molar-refractivity contribution < 1.29 is 0 Å². The first-order valence-electron chi connectivity index (χ1n) is 6.99. The van der Waals surface area contributed by atoms with E-state index in [0.29, 0.717) is 0 Å². The summed E-state index contributed by atoms with van der Waals surface area (Å²) in [6.45, 7) is 9.49. The molecule has 20 heavy (non-hydrogen) atoms. The minimum Gasteiger partial charge on any atom is -0.370 e. The Kier molecular flexibility index (Phi) is 4.70. The van der Waals surface area contributed by atoms with E-state index in [1.807, 2.05) is 17.6 Å². The monoisotopic (exact) mass is 290 g/mol. The molecule has 0 unspecified atom stereocenters. The Morgan fingerprint density at radius 1 is 1.25 bits per heavy atom. The highest BCUT2D eigenvalue weighted by atomic mass is 32.1. The maximum atomic E-state index is 4.70. The molecular weight excluding hydrogens is 268 g/mol. The zero-order valence-corrected chi connectivity index (χ0v) is 13.4. The van der Waals surface area contributed by atoms with Crippen LogP contribution < -0.4 is 5.32 Å². The van der Waals surface area contributed by atoms with Crippen LogP contribution >= 0.6 is 11.3 Å². The summed E-state index contributed by atoms with van der Waals surface area (Å²) in [4.78, 5) is 13.7. The Labute approximate surface area is 124 Å². The summed E-state index contributed by atoms with van der Waals surface area (Å²) in [6.07, 6.45) is 3.68. The molecule has 0 bridgehead atoms. The number of aromatic nitrogens is 3. The van der Waals surface area contributed by atoms with Crippen molar-refractivity contribution >= 4 is 17.2 Å². The molecule has 0 aliphatic carbocycles. The van der Waals surface area contributed by atoms with Gasteiger partial charge in [-0.3, -0.25) is 0 Å². The molecule has 0 aliphatic rings. The van der Waals surface area contributed by atoms with E-state index in [4.69, 9.17) is 4.98 Å². The second-order valence-electron chi connectivity index (χ2n) is 5.85. The fourth-order valence-corrected chi connectivity index (χ4v) is 2.39. The normalized spacial score (nSPS) is 11.6. The molecule has 108 valence electrons. The number of hydrogen-bond donors (Lipinski definition) is 1. The maximum absolute atomic E-state index is 4.70. The third kappa shape index (κ3) is 4.00. The molecule has 0 saturated carbocycles. The molecule has 0 fully saturated rings. The average molecular weight is 290 g/mol. The largest absolute Gasteiger partial charge is 0.370 e. The molecule has 0 aliphatic heterocycles. The molecule has 2 aromatic heterocycles. The van der Waals surface area contributed by atoms with E-state index in [2.05, 4.69) is 43.0 Å². The minimum absolute atomic E-state index is 0.0540. The minimum atomic E-state index is -0.0540. The molecule has 5 heteroatoms. The van der Waals surface area contributed by atoms with Crippen molar-refractivity contribution in [2.24, 2.45) is 0 Å². The van der Waals surface area contributed by atoms with Crippen molar-refractivity contribution in [3.63, 3.8) is 0 Å². The van der Waals surface area contributed by atoms with Crippen molar-refractivity contribution in [2.45, 2.75) is 46.0 Å². The molecule has 0 spiro atoms. The highest BCUT2D eigenvalue weighted by Crippen LogP contribution is 2.22.